The Bertz CT molecular complexity index is 564. The van der Waals surface area contributed by atoms with E-state index in [4.69, 9.17) is 21.6 Å². The van der Waals surface area contributed by atoms with Crippen LogP contribution in [0.3, 0.4) is 0 Å². The molecule has 0 radical (unpaired) electrons. The first-order valence-corrected chi connectivity index (χ1v) is 7.49. The van der Waals surface area contributed by atoms with Crippen LogP contribution in [0.25, 0.3) is 0 Å². The Hall–Kier alpha value is -1.24. The van der Waals surface area contributed by atoms with Crippen molar-refractivity contribution in [3.63, 3.8) is 0 Å². The number of anilines is 1. The van der Waals surface area contributed by atoms with Crippen molar-refractivity contribution in [1.29, 1.82) is 5.26 Å². The topological polar surface area (TPSA) is 45.0 Å². The number of rotatable bonds is 2. The van der Waals surface area contributed by atoms with Gasteiger partial charge >= 0.3 is 0 Å². The van der Waals surface area contributed by atoms with E-state index in [-0.39, 0.29) is 5.41 Å². The largest absolute Gasteiger partial charge is 0.381 e. The Kier molecular flexibility index (Phi) is 3.40. The molecule has 1 heterocycles. The van der Waals surface area contributed by atoms with E-state index >= 15 is 0 Å². The first kappa shape index (κ1) is 13.7. The number of halogens is 1. The second-order valence-corrected chi connectivity index (χ2v) is 6.75. The summed E-state index contributed by atoms with van der Waals surface area (Å²) in [7, 11) is 0. The molecule has 1 aromatic carbocycles. The van der Waals surface area contributed by atoms with E-state index in [1.54, 1.807) is 6.07 Å². The molecule has 3 rings (SSSR count). The van der Waals surface area contributed by atoms with Gasteiger partial charge in [0.15, 0.2) is 0 Å². The van der Waals surface area contributed by atoms with Crippen molar-refractivity contribution < 1.29 is 4.74 Å². The van der Waals surface area contributed by atoms with E-state index in [0.29, 0.717) is 28.6 Å². The average molecular weight is 291 g/mol. The average Bonchev–Trinajstić information content (AvgIpc) is 2.46. The van der Waals surface area contributed by atoms with Gasteiger partial charge in [-0.15, -0.1) is 0 Å². The van der Waals surface area contributed by atoms with E-state index in [0.717, 1.165) is 18.7 Å². The fourth-order valence-corrected chi connectivity index (χ4v) is 3.86. The van der Waals surface area contributed by atoms with Crippen molar-refractivity contribution in [2.24, 2.45) is 11.3 Å². The predicted octanol–water partition coefficient (Wildman–Crippen LogP) is 3.83. The fraction of sp³-hybridized carbons (Fsp3) is 0.562. The highest BCUT2D eigenvalue weighted by atomic mass is 35.5. The van der Waals surface area contributed by atoms with Crippen molar-refractivity contribution in [3.8, 4) is 6.07 Å². The highest BCUT2D eigenvalue weighted by molar-refractivity contribution is 6.31. The molecule has 106 valence electrons. The lowest BCUT2D eigenvalue weighted by atomic mass is 9.55. The minimum Gasteiger partial charge on any atom is -0.381 e. The number of benzene rings is 1. The highest BCUT2D eigenvalue weighted by Crippen LogP contribution is 2.52. The zero-order valence-electron chi connectivity index (χ0n) is 11.8. The van der Waals surface area contributed by atoms with Crippen LogP contribution in [0, 0.1) is 22.7 Å². The molecule has 0 bridgehead atoms. The van der Waals surface area contributed by atoms with E-state index in [1.807, 2.05) is 12.1 Å². The molecule has 3 nitrogen and oxygen atoms in total. The van der Waals surface area contributed by atoms with E-state index in [2.05, 4.69) is 25.2 Å². The molecule has 1 aromatic rings. The number of nitriles is 1. The van der Waals surface area contributed by atoms with Gasteiger partial charge in [-0.3, -0.25) is 0 Å². The van der Waals surface area contributed by atoms with Gasteiger partial charge in [0.25, 0.3) is 0 Å². The van der Waals surface area contributed by atoms with Gasteiger partial charge in [-0.25, -0.2) is 0 Å². The molecular weight excluding hydrogens is 272 g/mol. The van der Waals surface area contributed by atoms with Gasteiger partial charge in [-0.1, -0.05) is 25.4 Å². The zero-order valence-corrected chi connectivity index (χ0v) is 12.6. The lowest BCUT2D eigenvalue weighted by Gasteiger charge is -2.60. The summed E-state index contributed by atoms with van der Waals surface area (Å²) in [6.45, 7) is 5.38. The monoisotopic (exact) mass is 290 g/mol. The van der Waals surface area contributed by atoms with E-state index < -0.39 is 0 Å². The van der Waals surface area contributed by atoms with E-state index in [1.165, 1.54) is 6.42 Å². The van der Waals surface area contributed by atoms with Crippen LogP contribution >= 0.6 is 11.6 Å². The normalized spacial score (nSPS) is 30.8. The third kappa shape index (κ3) is 2.08. The summed E-state index contributed by atoms with van der Waals surface area (Å²) in [6, 6.07) is 8.06. The smallest absolute Gasteiger partial charge is 0.101 e. The van der Waals surface area contributed by atoms with Crippen molar-refractivity contribution >= 4 is 17.3 Å². The predicted molar refractivity (Wildman–Crippen MR) is 79.8 cm³/mol. The summed E-state index contributed by atoms with van der Waals surface area (Å²) in [6.07, 6.45) is 2.71. The molecule has 2 fully saturated rings. The van der Waals surface area contributed by atoms with Crippen molar-refractivity contribution in [1.82, 2.24) is 0 Å². The third-order valence-electron chi connectivity index (χ3n) is 4.74. The standard InChI is InChI=1S/C16H19ClN2O/c1-16(2)14(12-4-3-7-20-15(12)16)19-11-5-6-13(17)10(8-11)9-18/h5-6,8,12,14-15,19H,3-4,7H2,1-2H3. The molecule has 1 saturated carbocycles. The van der Waals surface area contributed by atoms with Crippen LogP contribution in [0.1, 0.15) is 32.3 Å². The Morgan fingerprint density at radius 2 is 2.25 bits per heavy atom. The Balaban J connectivity index is 1.79. The first-order chi connectivity index (χ1) is 9.54. The molecule has 20 heavy (non-hydrogen) atoms. The van der Waals surface area contributed by atoms with Gasteiger partial charge in [0.05, 0.1) is 16.7 Å². The quantitative estimate of drug-likeness (QED) is 0.900. The maximum Gasteiger partial charge on any atom is 0.101 e. The van der Waals surface area contributed by atoms with Gasteiger partial charge in [0.2, 0.25) is 0 Å². The molecule has 1 saturated heterocycles. The highest BCUT2D eigenvalue weighted by Gasteiger charge is 2.57. The van der Waals surface area contributed by atoms with Gasteiger partial charge in [-0.2, -0.15) is 5.26 Å². The SMILES string of the molecule is CC1(C)C(Nc2ccc(Cl)c(C#N)c2)C2CCCOC21. The molecule has 1 N–H and O–H groups in total. The van der Waals surface area contributed by atoms with Crippen LogP contribution in [0.5, 0.6) is 0 Å². The molecule has 0 amide bonds. The van der Waals surface area contributed by atoms with Crippen LogP contribution in [-0.4, -0.2) is 18.8 Å². The van der Waals surface area contributed by atoms with Crippen molar-refractivity contribution in [2.45, 2.75) is 38.8 Å². The van der Waals surface area contributed by atoms with Crippen LogP contribution in [-0.2, 0) is 4.74 Å². The molecule has 2 aliphatic rings. The van der Waals surface area contributed by atoms with Crippen LogP contribution < -0.4 is 5.32 Å². The Labute approximate surface area is 124 Å². The number of fused-ring (bicyclic) bond motifs is 1. The summed E-state index contributed by atoms with van der Waals surface area (Å²) >= 11 is 5.98. The summed E-state index contributed by atoms with van der Waals surface area (Å²) < 4.78 is 5.91. The third-order valence-corrected chi connectivity index (χ3v) is 5.07. The van der Waals surface area contributed by atoms with Crippen LogP contribution in [0.4, 0.5) is 5.69 Å². The Morgan fingerprint density at radius 1 is 1.45 bits per heavy atom. The molecule has 1 aliphatic heterocycles. The summed E-state index contributed by atoms with van der Waals surface area (Å²) in [5.74, 6) is 0.569. The number of nitrogens with one attached hydrogen (secondary N) is 1. The van der Waals surface area contributed by atoms with Crippen LogP contribution in [0.2, 0.25) is 5.02 Å². The molecule has 4 heteroatoms. The fourth-order valence-electron chi connectivity index (χ4n) is 3.70. The minimum atomic E-state index is 0.123. The van der Waals surface area contributed by atoms with Crippen molar-refractivity contribution in [2.75, 3.05) is 11.9 Å². The minimum absolute atomic E-state index is 0.123. The van der Waals surface area contributed by atoms with E-state index in [9.17, 15) is 0 Å². The first-order valence-electron chi connectivity index (χ1n) is 7.12. The Morgan fingerprint density at radius 3 is 3.00 bits per heavy atom. The lowest BCUT2D eigenvalue weighted by molar-refractivity contribution is -0.177. The molecule has 1 aliphatic carbocycles. The molecule has 3 atom stereocenters. The zero-order chi connectivity index (χ0) is 14.3. The lowest BCUT2D eigenvalue weighted by Crippen LogP contribution is -2.67. The molecule has 0 spiro atoms. The number of nitrogens with zero attached hydrogens (tertiary/aromatic N) is 1. The second kappa shape index (κ2) is 4.95. The molecular formula is C16H19ClN2O. The maximum atomic E-state index is 9.06. The van der Waals surface area contributed by atoms with Gasteiger partial charge in [0.1, 0.15) is 6.07 Å². The number of ether oxygens (including phenoxy) is 1. The second-order valence-electron chi connectivity index (χ2n) is 6.35. The van der Waals surface area contributed by atoms with Gasteiger partial charge in [0, 0.05) is 29.7 Å². The van der Waals surface area contributed by atoms with Crippen LogP contribution in [0.15, 0.2) is 18.2 Å². The number of hydrogen-bond donors (Lipinski definition) is 1. The summed E-state index contributed by atoms with van der Waals surface area (Å²) in [4.78, 5) is 0. The maximum absolute atomic E-state index is 9.06. The van der Waals surface area contributed by atoms with Gasteiger partial charge in [-0.05, 0) is 31.0 Å². The molecule has 3 unspecified atom stereocenters. The summed E-state index contributed by atoms with van der Waals surface area (Å²) in [5, 5.41) is 13.1. The van der Waals surface area contributed by atoms with Gasteiger partial charge < -0.3 is 10.1 Å². The van der Waals surface area contributed by atoms with Crippen molar-refractivity contribution in [3.05, 3.63) is 28.8 Å². The summed E-state index contributed by atoms with van der Waals surface area (Å²) in [5.41, 5.74) is 1.61. The molecule has 0 aromatic heterocycles. The number of hydrogen-bond acceptors (Lipinski definition) is 3.